The zero-order valence-corrected chi connectivity index (χ0v) is 3.39. The van der Waals surface area contributed by atoms with E-state index >= 15 is 0 Å². The van der Waals surface area contributed by atoms with Crippen LogP contribution in [0.5, 0.6) is 0 Å². The molecule has 0 aromatic carbocycles. The predicted molar refractivity (Wildman–Crippen MR) is 20.1 cm³/mol. The molecule has 0 aromatic rings. The number of halogens is 1. The first-order valence-electron chi connectivity index (χ1n) is 2.09. The Morgan fingerprint density at radius 2 is 2.33 bits per heavy atom. The summed E-state index contributed by atoms with van der Waals surface area (Å²) in [7, 11) is 0. The van der Waals surface area contributed by atoms with Gasteiger partial charge in [-0.3, -0.25) is 0 Å². The Morgan fingerprint density at radius 3 is 2.33 bits per heavy atom. The van der Waals surface area contributed by atoms with Gasteiger partial charge < -0.3 is 5.11 Å². The maximum Gasteiger partial charge on any atom is 0.106 e. The van der Waals surface area contributed by atoms with Crippen molar-refractivity contribution in [1.29, 1.82) is 0 Å². The van der Waals surface area contributed by atoms with E-state index in [2.05, 4.69) is 0 Å². The van der Waals surface area contributed by atoms with Crippen molar-refractivity contribution in [3.8, 4) is 0 Å². The van der Waals surface area contributed by atoms with Gasteiger partial charge in [-0.1, -0.05) is 0 Å². The molecule has 1 fully saturated rings. The van der Waals surface area contributed by atoms with Crippen LogP contribution in [0, 0.1) is 5.92 Å². The van der Waals surface area contributed by atoms with Crippen LogP contribution in [0.1, 0.15) is 6.42 Å². The van der Waals surface area contributed by atoms with Crippen molar-refractivity contribution in [1.82, 2.24) is 0 Å². The van der Waals surface area contributed by atoms with E-state index < -0.39 is 6.17 Å². The molecule has 0 aromatic heterocycles. The first kappa shape index (κ1) is 4.06. The van der Waals surface area contributed by atoms with Crippen molar-refractivity contribution in [2.75, 3.05) is 6.61 Å². The second-order valence-corrected chi connectivity index (χ2v) is 1.69. The molecular weight excluding hydrogens is 83.0 g/mol. The molecule has 1 rings (SSSR count). The zero-order chi connectivity index (χ0) is 4.57. The maximum absolute atomic E-state index is 11.6. The number of alkyl halides is 1. The van der Waals surface area contributed by atoms with Gasteiger partial charge in [0.1, 0.15) is 6.17 Å². The SMILES string of the molecule is OC[C@H]1C[C@H]1F. The van der Waals surface area contributed by atoms with Crippen molar-refractivity contribution >= 4 is 0 Å². The summed E-state index contributed by atoms with van der Waals surface area (Å²) in [6.45, 7) is 0.0289. The van der Waals surface area contributed by atoms with Crippen molar-refractivity contribution in [2.45, 2.75) is 12.6 Å². The third-order valence-electron chi connectivity index (χ3n) is 1.07. The Labute approximate surface area is 35.8 Å². The molecule has 0 bridgehead atoms. The highest BCUT2D eigenvalue weighted by molar-refractivity contribution is 4.84. The first-order chi connectivity index (χ1) is 2.84. The van der Waals surface area contributed by atoms with Gasteiger partial charge in [0.05, 0.1) is 0 Å². The van der Waals surface area contributed by atoms with E-state index in [1.54, 1.807) is 0 Å². The first-order valence-corrected chi connectivity index (χ1v) is 2.09. The molecule has 1 N–H and O–H groups in total. The number of rotatable bonds is 1. The van der Waals surface area contributed by atoms with Crippen molar-refractivity contribution in [2.24, 2.45) is 5.92 Å². The second-order valence-electron chi connectivity index (χ2n) is 1.69. The molecule has 0 aliphatic heterocycles. The van der Waals surface area contributed by atoms with Gasteiger partial charge in [-0.25, -0.2) is 4.39 Å². The highest BCUT2D eigenvalue weighted by Crippen LogP contribution is 2.32. The second kappa shape index (κ2) is 1.19. The number of hydrogen-bond acceptors (Lipinski definition) is 1. The molecule has 0 amide bonds. The summed E-state index contributed by atoms with van der Waals surface area (Å²) in [4.78, 5) is 0. The van der Waals surface area contributed by atoms with Gasteiger partial charge in [-0.15, -0.1) is 0 Å². The van der Waals surface area contributed by atoms with Crippen LogP contribution >= 0.6 is 0 Å². The lowest BCUT2D eigenvalue weighted by molar-refractivity contribution is 0.258. The largest absolute Gasteiger partial charge is 0.396 e. The average molecular weight is 90.1 g/mol. The molecule has 0 unspecified atom stereocenters. The minimum atomic E-state index is -0.685. The molecule has 2 heteroatoms. The van der Waals surface area contributed by atoms with E-state index in [0.717, 1.165) is 0 Å². The molecule has 6 heavy (non-hydrogen) atoms. The Kier molecular flexibility index (Phi) is 0.804. The summed E-state index contributed by atoms with van der Waals surface area (Å²) < 4.78 is 11.6. The van der Waals surface area contributed by atoms with Gasteiger partial charge in [-0.05, 0) is 6.42 Å². The van der Waals surface area contributed by atoms with Crippen LogP contribution in [-0.4, -0.2) is 17.9 Å². The van der Waals surface area contributed by atoms with Gasteiger partial charge in [-0.2, -0.15) is 0 Å². The number of aliphatic hydroxyl groups is 1. The topological polar surface area (TPSA) is 20.2 Å². The summed E-state index contributed by atoms with van der Waals surface area (Å²) in [6, 6.07) is 0. The maximum atomic E-state index is 11.6. The number of hydrogen-bond donors (Lipinski definition) is 1. The molecule has 0 heterocycles. The van der Waals surface area contributed by atoms with Gasteiger partial charge >= 0.3 is 0 Å². The lowest BCUT2D eigenvalue weighted by Crippen LogP contribution is -1.85. The fourth-order valence-corrected chi connectivity index (χ4v) is 0.400. The average Bonchev–Trinajstić information content (AvgIpc) is 2.19. The lowest BCUT2D eigenvalue weighted by atomic mass is 10.5. The number of aliphatic hydroxyl groups excluding tert-OH is 1. The van der Waals surface area contributed by atoms with E-state index in [0.29, 0.717) is 6.42 Å². The summed E-state index contributed by atoms with van der Waals surface area (Å²) >= 11 is 0. The Morgan fingerprint density at radius 1 is 1.83 bits per heavy atom. The van der Waals surface area contributed by atoms with Crippen LogP contribution in [-0.2, 0) is 0 Å². The monoisotopic (exact) mass is 90.0 g/mol. The van der Waals surface area contributed by atoms with Gasteiger partial charge in [0.15, 0.2) is 0 Å². The molecule has 36 valence electrons. The zero-order valence-electron chi connectivity index (χ0n) is 3.39. The van der Waals surface area contributed by atoms with Crippen LogP contribution in [0.25, 0.3) is 0 Å². The highest BCUT2D eigenvalue weighted by atomic mass is 19.1. The quantitative estimate of drug-likeness (QED) is 0.492. The predicted octanol–water partition coefficient (Wildman–Crippen LogP) is 0.337. The van der Waals surface area contributed by atoms with E-state index in [9.17, 15) is 4.39 Å². The van der Waals surface area contributed by atoms with Gasteiger partial charge in [0.2, 0.25) is 0 Å². The van der Waals surface area contributed by atoms with E-state index in [-0.39, 0.29) is 12.5 Å². The summed E-state index contributed by atoms with van der Waals surface area (Å²) in [5, 5.41) is 8.14. The minimum Gasteiger partial charge on any atom is -0.396 e. The van der Waals surface area contributed by atoms with E-state index in [1.807, 2.05) is 0 Å². The summed E-state index contributed by atoms with van der Waals surface area (Å²) in [5.74, 6) is -0.00926. The van der Waals surface area contributed by atoms with Crippen molar-refractivity contribution in [3.05, 3.63) is 0 Å². The fourth-order valence-electron chi connectivity index (χ4n) is 0.400. The van der Waals surface area contributed by atoms with Crippen LogP contribution in [0.3, 0.4) is 0 Å². The Balaban J connectivity index is 2.09. The third kappa shape index (κ3) is 0.522. The summed E-state index contributed by atoms with van der Waals surface area (Å²) in [6.07, 6.45) is -0.105. The molecular formula is C4H7FO. The molecule has 1 nitrogen and oxygen atoms in total. The third-order valence-corrected chi connectivity index (χ3v) is 1.07. The minimum absolute atomic E-state index is 0.00926. The lowest BCUT2D eigenvalue weighted by Gasteiger charge is -1.76. The molecule has 1 aliphatic rings. The summed E-state index contributed by atoms with van der Waals surface area (Å²) in [5.41, 5.74) is 0. The van der Waals surface area contributed by atoms with Crippen molar-refractivity contribution in [3.63, 3.8) is 0 Å². The molecule has 1 aliphatic carbocycles. The fraction of sp³-hybridized carbons (Fsp3) is 1.00. The molecule has 0 saturated heterocycles. The molecule has 0 spiro atoms. The van der Waals surface area contributed by atoms with Crippen LogP contribution in [0.2, 0.25) is 0 Å². The molecule has 1 saturated carbocycles. The highest BCUT2D eigenvalue weighted by Gasteiger charge is 2.36. The standard InChI is InChI=1S/C4H7FO/c5-4-1-3(4)2-6/h3-4,6H,1-2H2/t3-,4-/m1/s1. The normalized spacial score (nSPS) is 43.0. The van der Waals surface area contributed by atoms with Crippen LogP contribution in [0.4, 0.5) is 4.39 Å². The van der Waals surface area contributed by atoms with Gasteiger partial charge in [0, 0.05) is 12.5 Å². The Hall–Kier alpha value is -0.110. The Bertz CT molecular complexity index is 53.5. The smallest absolute Gasteiger partial charge is 0.106 e. The molecule has 0 radical (unpaired) electrons. The van der Waals surface area contributed by atoms with Crippen LogP contribution in [0.15, 0.2) is 0 Å². The van der Waals surface area contributed by atoms with Gasteiger partial charge in [0.25, 0.3) is 0 Å². The van der Waals surface area contributed by atoms with Crippen LogP contribution < -0.4 is 0 Å². The van der Waals surface area contributed by atoms with E-state index in [1.165, 1.54) is 0 Å². The van der Waals surface area contributed by atoms with E-state index in [4.69, 9.17) is 5.11 Å². The molecule has 2 atom stereocenters. The van der Waals surface area contributed by atoms with Crippen molar-refractivity contribution < 1.29 is 9.50 Å².